The number of nitrogens with zero attached hydrogens (tertiary/aromatic N) is 3. The zero-order chi connectivity index (χ0) is 19.5. The van der Waals surface area contributed by atoms with Crippen molar-refractivity contribution in [3.05, 3.63) is 59.1 Å². The molecule has 2 aliphatic heterocycles. The molecular weight excluding hydrogens is 374 g/mol. The Morgan fingerprint density at radius 1 is 0.929 bits per heavy atom. The number of carbonyl (C=O) groups excluding carboxylic acids is 1. The fourth-order valence-electron chi connectivity index (χ4n) is 4.05. The van der Waals surface area contributed by atoms with Crippen molar-refractivity contribution in [3.63, 3.8) is 0 Å². The first-order valence-corrected chi connectivity index (χ1v) is 10.3. The molecule has 2 aromatic carbocycles. The molecule has 1 unspecified atom stereocenters. The Hall–Kier alpha value is -2.24. The molecule has 0 bridgehead atoms. The standard InChI is InChI=1S/C22H26ClN3O2/c23-20-5-1-2-6-21(20)24-12-14-25(15-13-24)22(28)17-7-9-18(10-8-17)26-11-3-4-19(27)16-26/h1-2,5-10,19,27H,3-4,11-16H2. The molecule has 2 aliphatic rings. The number of hydrogen-bond donors (Lipinski definition) is 1. The van der Waals surface area contributed by atoms with Crippen molar-refractivity contribution in [1.29, 1.82) is 0 Å². The first-order valence-electron chi connectivity index (χ1n) is 9.93. The van der Waals surface area contributed by atoms with Crippen molar-refractivity contribution in [2.24, 2.45) is 0 Å². The molecular formula is C22H26ClN3O2. The molecule has 0 aromatic heterocycles. The number of rotatable bonds is 3. The van der Waals surface area contributed by atoms with Gasteiger partial charge in [0.1, 0.15) is 0 Å². The Balaban J connectivity index is 1.37. The van der Waals surface area contributed by atoms with E-state index in [0.29, 0.717) is 25.2 Å². The minimum Gasteiger partial charge on any atom is -0.391 e. The highest BCUT2D eigenvalue weighted by Crippen LogP contribution is 2.26. The Morgan fingerprint density at radius 3 is 2.32 bits per heavy atom. The second-order valence-corrected chi connectivity index (χ2v) is 7.93. The molecule has 0 saturated carbocycles. The van der Waals surface area contributed by atoms with Gasteiger partial charge in [0.25, 0.3) is 5.91 Å². The largest absolute Gasteiger partial charge is 0.391 e. The first kappa shape index (κ1) is 19.1. The summed E-state index contributed by atoms with van der Waals surface area (Å²) in [6.07, 6.45) is 1.61. The molecule has 2 aromatic rings. The van der Waals surface area contributed by atoms with E-state index in [1.54, 1.807) is 0 Å². The fourth-order valence-corrected chi connectivity index (χ4v) is 4.30. The number of aliphatic hydroxyl groups excluding tert-OH is 1. The van der Waals surface area contributed by atoms with Crippen molar-refractivity contribution in [1.82, 2.24) is 4.90 Å². The number of piperidine rings is 1. The molecule has 28 heavy (non-hydrogen) atoms. The fraction of sp³-hybridized carbons (Fsp3) is 0.409. The highest BCUT2D eigenvalue weighted by Gasteiger charge is 2.24. The second kappa shape index (κ2) is 8.41. The van der Waals surface area contributed by atoms with E-state index in [9.17, 15) is 9.90 Å². The summed E-state index contributed by atoms with van der Waals surface area (Å²) in [5, 5.41) is 10.6. The normalized spacial score (nSPS) is 20.4. The number of halogens is 1. The number of para-hydroxylation sites is 1. The first-order chi connectivity index (χ1) is 13.6. The van der Waals surface area contributed by atoms with Crippen molar-refractivity contribution in [2.75, 3.05) is 49.1 Å². The molecule has 0 spiro atoms. The SMILES string of the molecule is O=C(c1ccc(N2CCCC(O)C2)cc1)N1CCN(c2ccccc2Cl)CC1. The lowest BCUT2D eigenvalue weighted by molar-refractivity contribution is 0.0747. The van der Waals surface area contributed by atoms with Crippen LogP contribution < -0.4 is 9.80 Å². The number of hydrogen-bond acceptors (Lipinski definition) is 4. The van der Waals surface area contributed by atoms with Gasteiger partial charge in [0.2, 0.25) is 0 Å². The molecule has 2 saturated heterocycles. The van der Waals surface area contributed by atoms with Crippen molar-refractivity contribution < 1.29 is 9.90 Å². The maximum Gasteiger partial charge on any atom is 0.253 e. The van der Waals surface area contributed by atoms with Crippen molar-refractivity contribution in [3.8, 4) is 0 Å². The predicted molar refractivity (Wildman–Crippen MR) is 113 cm³/mol. The predicted octanol–water partition coefficient (Wildman–Crippen LogP) is 3.26. The molecule has 0 aliphatic carbocycles. The van der Waals surface area contributed by atoms with Gasteiger partial charge >= 0.3 is 0 Å². The van der Waals surface area contributed by atoms with E-state index >= 15 is 0 Å². The lowest BCUT2D eigenvalue weighted by Gasteiger charge is -2.36. The summed E-state index contributed by atoms with van der Waals surface area (Å²) in [7, 11) is 0. The van der Waals surface area contributed by atoms with Gasteiger partial charge in [-0.15, -0.1) is 0 Å². The van der Waals surface area contributed by atoms with E-state index in [1.807, 2.05) is 53.4 Å². The number of piperazine rings is 1. The molecule has 0 radical (unpaired) electrons. The number of benzene rings is 2. The Labute approximate surface area is 171 Å². The van der Waals surface area contributed by atoms with E-state index in [2.05, 4.69) is 9.80 Å². The Kier molecular flexibility index (Phi) is 5.74. The summed E-state index contributed by atoms with van der Waals surface area (Å²) in [5.74, 6) is 0.0732. The van der Waals surface area contributed by atoms with Crippen LogP contribution in [0.2, 0.25) is 5.02 Å². The van der Waals surface area contributed by atoms with E-state index in [-0.39, 0.29) is 12.0 Å². The molecule has 4 rings (SSSR count). The maximum absolute atomic E-state index is 12.9. The van der Waals surface area contributed by atoms with Crippen LogP contribution in [-0.2, 0) is 0 Å². The third-order valence-electron chi connectivity index (χ3n) is 5.64. The Morgan fingerprint density at radius 2 is 1.64 bits per heavy atom. The monoisotopic (exact) mass is 399 g/mol. The molecule has 6 heteroatoms. The van der Waals surface area contributed by atoms with Crippen LogP contribution >= 0.6 is 11.6 Å². The topological polar surface area (TPSA) is 47.0 Å². The zero-order valence-electron chi connectivity index (χ0n) is 15.9. The van der Waals surface area contributed by atoms with Gasteiger partial charge in [-0.1, -0.05) is 23.7 Å². The van der Waals surface area contributed by atoms with Gasteiger partial charge in [-0.3, -0.25) is 4.79 Å². The quantitative estimate of drug-likeness (QED) is 0.860. The van der Waals surface area contributed by atoms with Crippen LogP contribution in [-0.4, -0.2) is 61.3 Å². The number of aliphatic hydroxyl groups is 1. The maximum atomic E-state index is 12.9. The third kappa shape index (κ3) is 4.10. The third-order valence-corrected chi connectivity index (χ3v) is 5.96. The van der Waals surface area contributed by atoms with Crippen LogP contribution in [0.3, 0.4) is 0 Å². The molecule has 2 heterocycles. The lowest BCUT2D eigenvalue weighted by atomic mass is 10.1. The number of anilines is 2. The van der Waals surface area contributed by atoms with Crippen molar-refractivity contribution >= 4 is 28.9 Å². The van der Waals surface area contributed by atoms with E-state index in [4.69, 9.17) is 11.6 Å². The van der Waals surface area contributed by atoms with Crippen LogP contribution in [0.15, 0.2) is 48.5 Å². The van der Waals surface area contributed by atoms with E-state index < -0.39 is 0 Å². The minimum atomic E-state index is -0.260. The summed E-state index contributed by atoms with van der Waals surface area (Å²) >= 11 is 6.30. The number of carbonyl (C=O) groups is 1. The summed E-state index contributed by atoms with van der Waals surface area (Å²) < 4.78 is 0. The Bertz CT molecular complexity index is 819. The second-order valence-electron chi connectivity index (χ2n) is 7.52. The van der Waals surface area contributed by atoms with Gasteiger partial charge in [-0.25, -0.2) is 0 Å². The smallest absolute Gasteiger partial charge is 0.253 e. The van der Waals surface area contributed by atoms with Crippen LogP contribution in [0.4, 0.5) is 11.4 Å². The summed E-state index contributed by atoms with van der Waals surface area (Å²) in [6, 6.07) is 15.6. The zero-order valence-corrected chi connectivity index (χ0v) is 16.7. The molecule has 1 amide bonds. The van der Waals surface area contributed by atoms with E-state index in [1.165, 1.54) is 0 Å². The summed E-state index contributed by atoms with van der Waals surface area (Å²) in [4.78, 5) is 19.2. The van der Waals surface area contributed by atoms with Gasteiger partial charge in [0.15, 0.2) is 0 Å². The van der Waals surface area contributed by atoms with Gasteiger partial charge < -0.3 is 19.8 Å². The van der Waals surface area contributed by atoms with Crippen LogP contribution in [0.1, 0.15) is 23.2 Å². The van der Waals surface area contributed by atoms with Gasteiger partial charge in [-0.2, -0.15) is 0 Å². The molecule has 2 fully saturated rings. The highest BCUT2D eigenvalue weighted by atomic mass is 35.5. The molecule has 1 atom stereocenters. The van der Waals surface area contributed by atoms with E-state index in [0.717, 1.165) is 48.9 Å². The van der Waals surface area contributed by atoms with Crippen LogP contribution in [0.25, 0.3) is 0 Å². The van der Waals surface area contributed by atoms with Gasteiger partial charge in [-0.05, 0) is 49.2 Å². The molecule has 148 valence electrons. The average Bonchev–Trinajstić information content (AvgIpc) is 2.74. The lowest BCUT2D eigenvalue weighted by Crippen LogP contribution is -2.48. The van der Waals surface area contributed by atoms with Crippen LogP contribution in [0.5, 0.6) is 0 Å². The highest BCUT2D eigenvalue weighted by molar-refractivity contribution is 6.33. The summed E-state index contributed by atoms with van der Waals surface area (Å²) in [6.45, 7) is 4.54. The van der Waals surface area contributed by atoms with Crippen LogP contribution in [0, 0.1) is 0 Å². The molecule has 1 N–H and O–H groups in total. The van der Waals surface area contributed by atoms with Gasteiger partial charge in [0.05, 0.1) is 16.8 Å². The molecule has 5 nitrogen and oxygen atoms in total. The average molecular weight is 400 g/mol. The number of β-amino-alcohol motifs (C(OH)–C–C–N with tert-alkyl or cyclic N) is 1. The minimum absolute atomic E-state index is 0.0732. The van der Waals surface area contributed by atoms with Crippen molar-refractivity contribution in [2.45, 2.75) is 18.9 Å². The summed E-state index contributed by atoms with van der Waals surface area (Å²) in [5.41, 5.74) is 2.82. The number of amides is 1. The van der Waals surface area contributed by atoms with Gasteiger partial charge in [0, 0.05) is 50.5 Å².